The quantitative estimate of drug-likeness (QED) is 0.0607. The summed E-state index contributed by atoms with van der Waals surface area (Å²) in [4.78, 5) is 64.9. The number of benzene rings is 1. The number of ether oxygens (including phenoxy) is 1. The van der Waals surface area contributed by atoms with Gasteiger partial charge in [0, 0.05) is 32.5 Å². The number of carbonyl (C=O) groups is 2. The third kappa shape index (κ3) is 10.8. The number of fused-ring (bicyclic) bond motifs is 2. The Morgan fingerprint density at radius 1 is 1.06 bits per heavy atom. The minimum absolute atomic E-state index is 0.000496. The van der Waals surface area contributed by atoms with Gasteiger partial charge in [-0.25, -0.2) is 14.8 Å². The first-order valence-electron chi connectivity index (χ1n) is 15.8. The van der Waals surface area contributed by atoms with Crippen LogP contribution in [0.2, 0.25) is 0 Å². The van der Waals surface area contributed by atoms with Gasteiger partial charge in [0.05, 0.1) is 36.2 Å². The van der Waals surface area contributed by atoms with Crippen LogP contribution in [0.5, 0.6) is 0 Å². The minimum Gasteiger partial charge on any atom is -0.458 e. The monoisotopic (exact) mass is 655 g/mol. The van der Waals surface area contributed by atoms with Crippen molar-refractivity contribution in [3.8, 4) is 11.5 Å². The Kier molecular flexibility index (Phi) is 14.2. The van der Waals surface area contributed by atoms with Gasteiger partial charge in [0.15, 0.2) is 11.5 Å². The summed E-state index contributed by atoms with van der Waals surface area (Å²) in [5.41, 5.74) is 2.04. The number of aliphatic hydroxyl groups excluding tert-OH is 3. The van der Waals surface area contributed by atoms with Crippen molar-refractivity contribution in [1.82, 2.24) is 34.8 Å². The number of rotatable bonds is 15. The molecule has 6 N–H and O–H groups in total. The SMILES string of the molecule is CC(=O)NCCc1c[nH]cn1.CCCCCCCC(=O)O[C@H](Cn1c2nc(=O)[nH]c(=O)c-2nc2cc(C)c(C)cc21)[C@@H](O)[C@@H](O)CO. The highest BCUT2D eigenvalue weighted by Crippen LogP contribution is 2.25. The molecule has 0 fully saturated rings. The molecular weight excluding hydrogens is 610 g/mol. The molecular formula is C32H45N7O8. The van der Waals surface area contributed by atoms with Crippen LogP contribution in [0, 0.1) is 13.8 Å². The van der Waals surface area contributed by atoms with Crippen LogP contribution in [0.3, 0.4) is 0 Å². The maximum absolute atomic E-state index is 12.6. The normalized spacial score (nSPS) is 13.1. The van der Waals surface area contributed by atoms with Crippen molar-refractivity contribution in [1.29, 1.82) is 0 Å². The first-order valence-corrected chi connectivity index (χ1v) is 15.8. The van der Waals surface area contributed by atoms with Crippen LogP contribution in [-0.2, 0) is 27.3 Å². The number of unbranched alkanes of at least 4 members (excludes halogenated alkanes) is 4. The van der Waals surface area contributed by atoms with E-state index in [1.54, 1.807) is 18.5 Å². The lowest BCUT2D eigenvalue weighted by Crippen LogP contribution is -2.44. The van der Waals surface area contributed by atoms with Crippen LogP contribution >= 0.6 is 0 Å². The smallest absolute Gasteiger partial charge is 0.349 e. The Balaban J connectivity index is 0.000000461. The Labute approximate surface area is 271 Å². The zero-order valence-electron chi connectivity index (χ0n) is 27.3. The number of hydrogen-bond donors (Lipinski definition) is 6. The molecule has 256 valence electrons. The van der Waals surface area contributed by atoms with Crippen LogP contribution in [0.25, 0.3) is 22.6 Å². The molecule has 2 aliphatic heterocycles. The highest BCUT2D eigenvalue weighted by molar-refractivity contribution is 5.81. The molecule has 0 bridgehead atoms. The van der Waals surface area contributed by atoms with E-state index in [0.29, 0.717) is 24.0 Å². The summed E-state index contributed by atoms with van der Waals surface area (Å²) in [6.07, 6.45) is 4.48. The van der Waals surface area contributed by atoms with Crippen molar-refractivity contribution in [3.63, 3.8) is 0 Å². The van der Waals surface area contributed by atoms with Crippen LogP contribution in [0.1, 0.15) is 69.2 Å². The van der Waals surface area contributed by atoms with E-state index in [9.17, 15) is 34.5 Å². The van der Waals surface area contributed by atoms with Crippen molar-refractivity contribution in [2.75, 3.05) is 13.2 Å². The molecule has 0 saturated heterocycles. The largest absolute Gasteiger partial charge is 0.458 e. The summed E-state index contributed by atoms with van der Waals surface area (Å²) >= 11 is 0. The van der Waals surface area contributed by atoms with Crippen molar-refractivity contribution in [2.45, 2.75) is 97.5 Å². The molecule has 0 saturated carbocycles. The second kappa shape index (κ2) is 18.0. The van der Waals surface area contributed by atoms with Gasteiger partial charge >= 0.3 is 11.7 Å². The van der Waals surface area contributed by atoms with E-state index >= 15 is 0 Å². The Morgan fingerprint density at radius 2 is 1.79 bits per heavy atom. The molecule has 1 amide bonds. The molecule has 47 heavy (non-hydrogen) atoms. The first kappa shape index (κ1) is 37.0. The number of H-pyrrole nitrogens is 2. The van der Waals surface area contributed by atoms with Gasteiger partial charge < -0.3 is 34.9 Å². The van der Waals surface area contributed by atoms with Gasteiger partial charge in [-0.05, 0) is 43.5 Å². The van der Waals surface area contributed by atoms with Crippen LogP contribution in [0.15, 0.2) is 34.2 Å². The van der Waals surface area contributed by atoms with Crippen molar-refractivity contribution in [2.24, 2.45) is 0 Å². The van der Waals surface area contributed by atoms with Gasteiger partial charge in [-0.2, -0.15) is 4.98 Å². The molecule has 1 aromatic heterocycles. The fourth-order valence-electron chi connectivity index (χ4n) is 4.88. The third-order valence-corrected chi connectivity index (χ3v) is 7.63. The predicted octanol–water partition coefficient (Wildman–Crippen LogP) is 1.28. The van der Waals surface area contributed by atoms with E-state index in [1.165, 1.54) is 11.5 Å². The molecule has 0 aliphatic carbocycles. The number of aromatic amines is 2. The van der Waals surface area contributed by atoms with Crippen LogP contribution in [0.4, 0.5) is 0 Å². The molecule has 0 radical (unpaired) electrons. The lowest BCUT2D eigenvalue weighted by Gasteiger charge is -2.28. The van der Waals surface area contributed by atoms with E-state index in [0.717, 1.165) is 48.9 Å². The second-order valence-corrected chi connectivity index (χ2v) is 11.4. The number of carbonyl (C=O) groups excluding carboxylic acids is 2. The third-order valence-electron chi connectivity index (χ3n) is 7.63. The number of nitrogens with zero attached hydrogens (tertiary/aromatic N) is 4. The zero-order chi connectivity index (χ0) is 34.5. The summed E-state index contributed by atoms with van der Waals surface area (Å²) in [5.74, 6) is -0.613. The summed E-state index contributed by atoms with van der Waals surface area (Å²) < 4.78 is 7.04. The summed E-state index contributed by atoms with van der Waals surface area (Å²) in [6, 6.07) is 3.58. The summed E-state index contributed by atoms with van der Waals surface area (Å²) in [7, 11) is 0. The lowest BCUT2D eigenvalue weighted by molar-refractivity contribution is -0.162. The number of imidazole rings is 1. The molecule has 0 unspecified atom stereocenters. The standard InChI is InChI=1S/C25H34N4O7.C7H11N3O/c1-4-5-6-7-8-9-20(32)36-19(22(33)18(31)13-30)12-29-17-11-15(3)14(2)10-16(17)26-21-23(29)27-25(35)28-24(21)34;1-6(11)9-3-2-7-4-8-5-10-7/h10-11,18-19,22,30-31,33H,4-9,12-13H2,1-3H3,(H,28,34,35);4-5H,2-3H2,1H3,(H,8,10)(H,9,11)/t18-,19+,22-;/m0./s1. The van der Waals surface area contributed by atoms with Gasteiger partial charge in [-0.15, -0.1) is 0 Å². The number of amides is 1. The zero-order valence-corrected chi connectivity index (χ0v) is 27.3. The number of aromatic nitrogens is 6. The number of nitrogens with one attached hydrogen (secondary N) is 3. The molecule has 3 atom stereocenters. The predicted molar refractivity (Wildman–Crippen MR) is 174 cm³/mol. The van der Waals surface area contributed by atoms with Gasteiger partial charge in [0.25, 0.3) is 5.56 Å². The number of aryl methyl sites for hydroxylation is 2. The molecule has 2 aliphatic rings. The molecule has 4 rings (SSSR count). The van der Waals surface area contributed by atoms with E-state index in [-0.39, 0.29) is 30.4 Å². The Morgan fingerprint density at radius 3 is 2.45 bits per heavy atom. The van der Waals surface area contributed by atoms with Gasteiger partial charge in [-0.1, -0.05) is 32.6 Å². The molecule has 2 aromatic rings. The number of aliphatic hydroxyl groups is 3. The summed E-state index contributed by atoms with van der Waals surface area (Å²) in [5, 5.41) is 32.9. The lowest BCUT2D eigenvalue weighted by atomic mass is 10.1. The Hall–Kier alpha value is -4.47. The van der Waals surface area contributed by atoms with E-state index < -0.39 is 42.1 Å². The molecule has 1 aromatic carbocycles. The van der Waals surface area contributed by atoms with Gasteiger partial charge in [-0.3, -0.25) is 19.4 Å². The average Bonchev–Trinajstić information content (AvgIpc) is 3.55. The molecule has 15 heteroatoms. The average molecular weight is 656 g/mol. The topological polar surface area (TPSA) is 225 Å². The van der Waals surface area contributed by atoms with E-state index in [1.807, 2.05) is 20.0 Å². The minimum atomic E-state index is -1.63. The molecule has 3 heterocycles. The molecule has 15 nitrogen and oxygen atoms in total. The fourth-order valence-corrected chi connectivity index (χ4v) is 4.88. The van der Waals surface area contributed by atoms with E-state index in [4.69, 9.17) is 4.74 Å². The van der Waals surface area contributed by atoms with Crippen molar-refractivity contribution < 1.29 is 29.6 Å². The van der Waals surface area contributed by atoms with Crippen molar-refractivity contribution in [3.05, 3.63) is 62.3 Å². The van der Waals surface area contributed by atoms with Crippen LogP contribution < -0.4 is 16.6 Å². The number of hydrogen-bond acceptors (Lipinski definition) is 11. The number of esters is 1. The Bertz CT molecular complexity index is 1690. The van der Waals surface area contributed by atoms with Crippen LogP contribution in [-0.4, -0.2) is 88.1 Å². The fraction of sp³-hybridized carbons (Fsp3) is 0.531. The highest BCUT2D eigenvalue weighted by Gasteiger charge is 2.32. The van der Waals surface area contributed by atoms with Gasteiger partial charge in [0.1, 0.15) is 18.3 Å². The highest BCUT2D eigenvalue weighted by atomic mass is 16.6. The maximum atomic E-state index is 12.6. The van der Waals surface area contributed by atoms with Crippen molar-refractivity contribution >= 4 is 22.9 Å². The maximum Gasteiger partial charge on any atom is 0.349 e. The second-order valence-electron chi connectivity index (χ2n) is 11.4. The van der Waals surface area contributed by atoms with Gasteiger partial charge in [0.2, 0.25) is 5.91 Å². The molecule has 0 spiro atoms. The first-order chi connectivity index (χ1) is 22.4. The van der Waals surface area contributed by atoms with E-state index in [2.05, 4.69) is 37.2 Å². The summed E-state index contributed by atoms with van der Waals surface area (Å²) in [6.45, 7) is 7.03.